The molecule has 0 aliphatic carbocycles. The smallest absolute Gasteiger partial charge is 0.307 e. The fourth-order valence-electron chi connectivity index (χ4n) is 2.54. The molecule has 0 saturated heterocycles. The van der Waals surface area contributed by atoms with E-state index < -0.39 is 39.8 Å². The van der Waals surface area contributed by atoms with Crippen LogP contribution < -0.4 is 5.32 Å². The average molecular weight is 420 g/mol. The van der Waals surface area contributed by atoms with Gasteiger partial charge in [-0.25, -0.2) is 8.42 Å². The molecule has 0 spiro atoms. The van der Waals surface area contributed by atoms with Crippen molar-refractivity contribution in [2.75, 3.05) is 5.75 Å². The van der Waals surface area contributed by atoms with Crippen molar-refractivity contribution in [3.05, 3.63) is 45.3 Å². The molecule has 3 atom stereocenters. The molecule has 1 amide bonds. The zero-order chi connectivity index (χ0) is 19.5. The Kier molecular flexibility index (Phi) is 6.71. The summed E-state index contributed by atoms with van der Waals surface area (Å²) in [5.74, 6) is -1.65. The van der Waals surface area contributed by atoms with Gasteiger partial charge in [-0.2, -0.15) is 0 Å². The second kappa shape index (κ2) is 8.41. The lowest BCUT2D eigenvalue weighted by molar-refractivity contribution is -0.155. The van der Waals surface area contributed by atoms with Gasteiger partial charge in [0.05, 0.1) is 18.2 Å². The van der Waals surface area contributed by atoms with Crippen molar-refractivity contribution in [3.8, 4) is 0 Å². The quantitative estimate of drug-likeness (QED) is 0.715. The van der Waals surface area contributed by atoms with E-state index in [0.29, 0.717) is 15.6 Å². The average Bonchev–Trinajstić information content (AvgIpc) is 2.85. The van der Waals surface area contributed by atoms with Gasteiger partial charge < -0.3 is 10.1 Å². The number of hydrogen-bond donors (Lipinski definition) is 1. The van der Waals surface area contributed by atoms with Crippen LogP contribution in [0.3, 0.4) is 0 Å². The van der Waals surface area contributed by atoms with Crippen LogP contribution in [0.25, 0.3) is 0 Å². The standard InChI is InChI=1S/C17H19Cl2NO5S/c1-10(14-4-3-13(18)8-15(14)19)20-17(22)11(2)25-16(21)7-12-5-6-26(23,24)9-12/h3-6,8,10-12H,7,9H2,1-2H3,(H,20,22). The minimum Gasteiger partial charge on any atom is -0.453 e. The monoisotopic (exact) mass is 419 g/mol. The predicted molar refractivity (Wildman–Crippen MR) is 99.6 cm³/mol. The summed E-state index contributed by atoms with van der Waals surface area (Å²) in [5, 5.41) is 4.72. The van der Waals surface area contributed by atoms with Gasteiger partial charge in [0.1, 0.15) is 0 Å². The van der Waals surface area contributed by atoms with Crippen LogP contribution in [0.15, 0.2) is 29.7 Å². The molecule has 0 bridgehead atoms. The van der Waals surface area contributed by atoms with E-state index in [9.17, 15) is 18.0 Å². The highest BCUT2D eigenvalue weighted by Gasteiger charge is 2.27. The summed E-state index contributed by atoms with van der Waals surface area (Å²) >= 11 is 12.0. The number of hydrogen-bond acceptors (Lipinski definition) is 5. The molecule has 6 nitrogen and oxygen atoms in total. The van der Waals surface area contributed by atoms with Gasteiger partial charge in [0.25, 0.3) is 5.91 Å². The van der Waals surface area contributed by atoms with Crippen molar-refractivity contribution in [1.29, 1.82) is 0 Å². The number of carbonyl (C=O) groups excluding carboxylic acids is 2. The summed E-state index contributed by atoms with van der Waals surface area (Å²) in [4.78, 5) is 24.1. The second-order valence-corrected chi connectivity index (χ2v) is 8.93. The van der Waals surface area contributed by atoms with E-state index >= 15 is 0 Å². The molecule has 1 N–H and O–H groups in total. The summed E-state index contributed by atoms with van der Waals surface area (Å²) in [6.07, 6.45) is 0.357. The maximum atomic E-state index is 12.2. The Hall–Kier alpha value is -1.57. The molecule has 0 saturated carbocycles. The molecular formula is C17H19Cl2NO5S. The molecule has 142 valence electrons. The summed E-state index contributed by atoms with van der Waals surface area (Å²) in [6.45, 7) is 3.19. The van der Waals surface area contributed by atoms with Crippen molar-refractivity contribution >= 4 is 44.9 Å². The first kappa shape index (κ1) is 20.7. The van der Waals surface area contributed by atoms with Crippen molar-refractivity contribution in [1.82, 2.24) is 5.32 Å². The van der Waals surface area contributed by atoms with E-state index in [-0.39, 0.29) is 12.2 Å². The van der Waals surface area contributed by atoms with Crippen molar-refractivity contribution < 1.29 is 22.7 Å². The van der Waals surface area contributed by atoms with Crippen LogP contribution in [0, 0.1) is 5.92 Å². The van der Waals surface area contributed by atoms with E-state index in [1.54, 1.807) is 25.1 Å². The van der Waals surface area contributed by atoms with Gasteiger partial charge in [-0.15, -0.1) is 0 Å². The summed E-state index contributed by atoms with van der Waals surface area (Å²) in [6, 6.07) is 4.54. The van der Waals surface area contributed by atoms with Gasteiger partial charge in [-0.1, -0.05) is 35.3 Å². The molecule has 0 aromatic heterocycles. The number of benzene rings is 1. The summed E-state index contributed by atoms with van der Waals surface area (Å²) in [7, 11) is -3.23. The van der Waals surface area contributed by atoms with Gasteiger partial charge in [-0.05, 0) is 31.5 Å². The lowest BCUT2D eigenvalue weighted by Gasteiger charge is -2.19. The highest BCUT2D eigenvalue weighted by Crippen LogP contribution is 2.26. The maximum absolute atomic E-state index is 12.2. The Bertz CT molecular complexity index is 838. The van der Waals surface area contributed by atoms with Crippen LogP contribution in [0.1, 0.15) is 31.9 Å². The van der Waals surface area contributed by atoms with E-state index in [2.05, 4.69) is 5.32 Å². The number of ether oxygens (including phenoxy) is 1. The molecule has 0 radical (unpaired) electrons. The van der Waals surface area contributed by atoms with E-state index in [4.69, 9.17) is 27.9 Å². The van der Waals surface area contributed by atoms with Gasteiger partial charge >= 0.3 is 5.97 Å². The lowest BCUT2D eigenvalue weighted by Crippen LogP contribution is -2.37. The first-order valence-corrected chi connectivity index (χ1v) is 10.4. The number of carbonyl (C=O) groups is 2. The Labute approximate surface area is 162 Å². The highest BCUT2D eigenvalue weighted by molar-refractivity contribution is 7.94. The number of halogens is 2. The lowest BCUT2D eigenvalue weighted by atomic mass is 10.1. The first-order chi connectivity index (χ1) is 12.1. The van der Waals surface area contributed by atoms with Crippen LogP contribution in [0.4, 0.5) is 0 Å². The minimum atomic E-state index is -3.23. The molecule has 2 rings (SSSR count). The Morgan fingerprint density at radius 2 is 2.00 bits per heavy atom. The molecule has 1 heterocycles. The maximum Gasteiger partial charge on any atom is 0.307 e. The zero-order valence-corrected chi connectivity index (χ0v) is 16.6. The molecule has 3 unspecified atom stereocenters. The number of rotatable bonds is 6. The van der Waals surface area contributed by atoms with E-state index in [1.165, 1.54) is 13.0 Å². The Balaban J connectivity index is 1.87. The third-order valence-electron chi connectivity index (χ3n) is 3.90. The van der Waals surface area contributed by atoms with Crippen molar-refractivity contribution in [2.45, 2.75) is 32.4 Å². The van der Waals surface area contributed by atoms with Crippen LogP contribution in [0.5, 0.6) is 0 Å². The van der Waals surface area contributed by atoms with E-state index in [1.807, 2.05) is 0 Å². The van der Waals surface area contributed by atoms with Gasteiger partial charge in [0, 0.05) is 21.4 Å². The fourth-order valence-corrected chi connectivity index (χ4v) is 4.51. The van der Waals surface area contributed by atoms with Gasteiger partial charge in [-0.3, -0.25) is 9.59 Å². The Morgan fingerprint density at radius 1 is 1.31 bits per heavy atom. The summed E-state index contributed by atoms with van der Waals surface area (Å²) < 4.78 is 27.8. The predicted octanol–water partition coefficient (Wildman–Crippen LogP) is 3.05. The van der Waals surface area contributed by atoms with Crippen LogP contribution in [-0.2, 0) is 24.2 Å². The normalized spacial score (nSPS) is 20.4. The molecule has 1 aliphatic heterocycles. The number of sulfone groups is 1. The molecule has 1 aromatic carbocycles. The first-order valence-electron chi connectivity index (χ1n) is 7.93. The fraction of sp³-hybridized carbons (Fsp3) is 0.412. The summed E-state index contributed by atoms with van der Waals surface area (Å²) in [5.41, 5.74) is 0.684. The number of nitrogens with one attached hydrogen (secondary N) is 1. The largest absolute Gasteiger partial charge is 0.453 e. The van der Waals surface area contributed by atoms with Gasteiger partial charge in [0.15, 0.2) is 15.9 Å². The SMILES string of the molecule is CC(OC(=O)CC1C=CS(=O)(=O)C1)C(=O)NC(C)c1ccc(Cl)cc1Cl. The zero-order valence-electron chi connectivity index (χ0n) is 14.2. The molecular weight excluding hydrogens is 401 g/mol. The van der Waals surface area contributed by atoms with E-state index in [0.717, 1.165) is 5.41 Å². The molecule has 1 aliphatic rings. The highest BCUT2D eigenvalue weighted by atomic mass is 35.5. The van der Waals surface area contributed by atoms with Gasteiger partial charge in [0.2, 0.25) is 0 Å². The van der Waals surface area contributed by atoms with Crippen LogP contribution >= 0.6 is 23.2 Å². The Morgan fingerprint density at radius 3 is 2.58 bits per heavy atom. The number of allylic oxidation sites excluding steroid dienone is 1. The second-order valence-electron chi connectivity index (χ2n) is 6.15. The number of esters is 1. The molecule has 9 heteroatoms. The van der Waals surface area contributed by atoms with Crippen molar-refractivity contribution in [3.63, 3.8) is 0 Å². The van der Waals surface area contributed by atoms with Crippen LogP contribution in [0.2, 0.25) is 10.0 Å². The van der Waals surface area contributed by atoms with Crippen molar-refractivity contribution in [2.24, 2.45) is 5.92 Å². The third-order valence-corrected chi connectivity index (χ3v) is 5.93. The molecule has 0 fully saturated rings. The third kappa shape index (κ3) is 5.72. The topological polar surface area (TPSA) is 89.5 Å². The number of amides is 1. The molecule has 1 aromatic rings. The van der Waals surface area contributed by atoms with Crippen LogP contribution in [-0.4, -0.2) is 32.2 Å². The minimum absolute atomic E-state index is 0.0914. The molecule has 26 heavy (non-hydrogen) atoms.